The molecule has 1 saturated heterocycles. The molecular weight excluding hydrogens is 489 g/mol. The Morgan fingerprint density at radius 1 is 0.971 bits per heavy atom. The normalized spacial score (nSPS) is 16.8. The molecule has 8 heteroatoms. The van der Waals surface area contributed by atoms with Crippen LogP contribution in [0, 0.1) is 11.3 Å². The summed E-state index contributed by atoms with van der Waals surface area (Å²) < 4.78 is 0. The third-order valence-corrected chi connectivity index (χ3v) is 6.95. The van der Waals surface area contributed by atoms with Crippen LogP contribution in [0.5, 0.6) is 0 Å². The van der Waals surface area contributed by atoms with Crippen LogP contribution in [0.3, 0.4) is 0 Å². The summed E-state index contributed by atoms with van der Waals surface area (Å²) in [6.07, 6.45) is 0.405. The summed E-state index contributed by atoms with van der Waals surface area (Å²) >= 11 is 13.4. The summed E-state index contributed by atoms with van der Waals surface area (Å²) in [5.74, 6) is -0.755. The molecule has 4 rings (SSSR count). The van der Waals surface area contributed by atoms with E-state index in [4.69, 9.17) is 23.2 Å². The average molecular weight is 508 g/mol. The molecule has 3 aromatic rings. The van der Waals surface area contributed by atoms with Crippen molar-refractivity contribution in [1.82, 2.24) is 5.32 Å². The Labute approximate surface area is 212 Å². The molecule has 1 atom stereocenters. The van der Waals surface area contributed by atoms with Crippen LogP contribution in [-0.2, 0) is 22.6 Å². The van der Waals surface area contributed by atoms with Crippen molar-refractivity contribution in [3.63, 3.8) is 0 Å². The largest absolute Gasteiger partial charge is 0.347 e. The van der Waals surface area contributed by atoms with Crippen LogP contribution < -0.4 is 10.2 Å². The molecule has 3 aromatic carbocycles. The highest BCUT2D eigenvalue weighted by atomic mass is 35.5. The molecule has 170 valence electrons. The summed E-state index contributed by atoms with van der Waals surface area (Å²) in [5.41, 5.74) is 2.22. The van der Waals surface area contributed by atoms with Crippen molar-refractivity contribution in [1.29, 1.82) is 5.26 Å². The molecule has 1 N–H and O–H groups in total. The monoisotopic (exact) mass is 507 g/mol. The number of amides is 2. The Hall–Kier alpha value is -3.24. The number of rotatable bonds is 6. The summed E-state index contributed by atoms with van der Waals surface area (Å²) in [6.45, 7) is 0.267. The molecule has 1 unspecified atom stereocenters. The van der Waals surface area contributed by atoms with E-state index in [2.05, 4.69) is 5.32 Å². The molecule has 34 heavy (non-hydrogen) atoms. The molecular formula is C26H19Cl2N3O2S. The number of nitrogens with one attached hydrogen (secondary N) is 1. The Morgan fingerprint density at radius 3 is 2.35 bits per heavy atom. The minimum atomic E-state index is -0.538. The second-order valence-electron chi connectivity index (χ2n) is 7.55. The van der Waals surface area contributed by atoms with Gasteiger partial charge in [-0.3, -0.25) is 14.5 Å². The van der Waals surface area contributed by atoms with Crippen molar-refractivity contribution in [2.75, 3.05) is 4.90 Å². The van der Waals surface area contributed by atoms with Gasteiger partial charge in [-0.05, 0) is 53.9 Å². The van der Waals surface area contributed by atoms with Gasteiger partial charge >= 0.3 is 0 Å². The van der Waals surface area contributed by atoms with Gasteiger partial charge < -0.3 is 5.32 Å². The molecule has 1 aliphatic rings. The van der Waals surface area contributed by atoms with Crippen molar-refractivity contribution >= 4 is 52.5 Å². The molecule has 0 aliphatic carbocycles. The van der Waals surface area contributed by atoms with Crippen LogP contribution in [0.15, 0.2) is 89.5 Å². The molecule has 0 radical (unpaired) electrons. The molecule has 0 bridgehead atoms. The van der Waals surface area contributed by atoms with Gasteiger partial charge in [0.2, 0.25) is 5.91 Å². The first kappa shape index (κ1) is 23.9. The zero-order chi connectivity index (χ0) is 24.1. The summed E-state index contributed by atoms with van der Waals surface area (Å²) in [5, 5.41) is 13.6. The maximum Gasteiger partial charge on any atom is 0.264 e. The molecule has 0 spiro atoms. The van der Waals surface area contributed by atoms with Crippen molar-refractivity contribution in [3.8, 4) is 6.07 Å². The quantitative estimate of drug-likeness (QED) is 0.341. The average Bonchev–Trinajstić information content (AvgIpc) is 3.15. The van der Waals surface area contributed by atoms with E-state index in [0.29, 0.717) is 27.2 Å². The van der Waals surface area contributed by atoms with Crippen LogP contribution in [-0.4, -0.2) is 17.1 Å². The maximum atomic E-state index is 13.5. The van der Waals surface area contributed by atoms with Gasteiger partial charge in [-0.15, -0.1) is 0 Å². The fourth-order valence-electron chi connectivity index (χ4n) is 3.56. The molecule has 1 fully saturated rings. The van der Waals surface area contributed by atoms with E-state index < -0.39 is 11.2 Å². The first-order valence-corrected chi connectivity index (χ1v) is 12.1. The zero-order valence-electron chi connectivity index (χ0n) is 17.9. The van der Waals surface area contributed by atoms with E-state index >= 15 is 0 Å². The number of carbonyl (C=O) groups is 2. The number of anilines is 1. The predicted molar refractivity (Wildman–Crippen MR) is 136 cm³/mol. The molecule has 0 aromatic heterocycles. The molecule has 0 saturated carbocycles. The minimum Gasteiger partial charge on any atom is -0.347 e. The standard InChI is InChI=1S/C26H19Cl2N3O2S/c27-19-9-11-21(12-10-19)31-25(33)23(14-18-7-4-8-20(28)13-18)34-26(31)22(15-29)24(32)30-16-17-5-2-1-3-6-17/h1-13,23H,14,16H2,(H,30,32)/b26-22-. The smallest absolute Gasteiger partial charge is 0.264 e. The van der Waals surface area contributed by atoms with E-state index in [1.54, 1.807) is 30.3 Å². The minimum absolute atomic E-state index is 0.113. The number of nitriles is 1. The van der Waals surface area contributed by atoms with Crippen LogP contribution in [0.25, 0.3) is 0 Å². The van der Waals surface area contributed by atoms with Crippen molar-refractivity contribution < 1.29 is 9.59 Å². The van der Waals surface area contributed by atoms with Crippen molar-refractivity contribution in [2.45, 2.75) is 18.2 Å². The van der Waals surface area contributed by atoms with E-state index in [1.807, 2.05) is 54.6 Å². The second-order valence-corrected chi connectivity index (χ2v) is 9.62. The fourth-order valence-corrected chi connectivity index (χ4v) is 5.20. The Bertz CT molecular complexity index is 1290. The Kier molecular flexibility index (Phi) is 7.59. The first-order valence-electron chi connectivity index (χ1n) is 10.4. The lowest BCUT2D eigenvalue weighted by molar-refractivity contribution is -0.117. The van der Waals surface area contributed by atoms with E-state index in [-0.39, 0.29) is 18.0 Å². The van der Waals surface area contributed by atoms with Gasteiger partial charge in [0.1, 0.15) is 16.7 Å². The van der Waals surface area contributed by atoms with Gasteiger partial charge in [-0.2, -0.15) is 5.26 Å². The zero-order valence-corrected chi connectivity index (χ0v) is 20.2. The molecule has 5 nitrogen and oxygen atoms in total. The Balaban J connectivity index is 1.67. The van der Waals surface area contributed by atoms with Gasteiger partial charge in [0.25, 0.3) is 5.91 Å². The molecule has 1 aliphatic heterocycles. The third kappa shape index (κ3) is 5.45. The lowest BCUT2D eigenvalue weighted by Crippen LogP contribution is -2.32. The summed E-state index contributed by atoms with van der Waals surface area (Å²) in [4.78, 5) is 27.9. The Morgan fingerprint density at radius 2 is 1.68 bits per heavy atom. The second kappa shape index (κ2) is 10.8. The van der Waals surface area contributed by atoms with E-state index in [0.717, 1.165) is 11.1 Å². The number of nitrogens with zero attached hydrogens (tertiary/aromatic N) is 2. The SMILES string of the molecule is N#C/C(C(=O)NCc1ccccc1)=C1/SC(Cc2cccc(Cl)c2)C(=O)N1c1ccc(Cl)cc1. The van der Waals surface area contributed by atoms with Crippen LogP contribution in [0.4, 0.5) is 5.69 Å². The lowest BCUT2D eigenvalue weighted by atomic mass is 10.1. The number of hydrogen-bond acceptors (Lipinski definition) is 4. The number of hydrogen-bond donors (Lipinski definition) is 1. The van der Waals surface area contributed by atoms with Crippen LogP contribution in [0.2, 0.25) is 10.0 Å². The number of halogens is 2. The van der Waals surface area contributed by atoms with Crippen molar-refractivity contribution in [2.24, 2.45) is 0 Å². The topological polar surface area (TPSA) is 73.2 Å². The predicted octanol–water partition coefficient (Wildman–Crippen LogP) is 5.74. The molecule has 1 heterocycles. The van der Waals surface area contributed by atoms with Gasteiger partial charge in [0.15, 0.2) is 0 Å². The van der Waals surface area contributed by atoms with Crippen LogP contribution in [0.1, 0.15) is 11.1 Å². The summed E-state index contributed by atoms with van der Waals surface area (Å²) in [7, 11) is 0. The van der Waals surface area contributed by atoms with Gasteiger partial charge in [-0.1, -0.05) is 77.4 Å². The highest BCUT2D eigenvalue weighted by Crippen LogP contribution is 2.42. The number of benzene rings is 3. The van der Waals surface area contributed by atoms with Crippen LogP contribution >= 0.6 is 35.0 Å². The van der Waals surface area contributed by atoms with E-state index in [1.165, 1.54) is 16.7 Å². The lowest BCUT2D eigenvalue weighted by Gasteiger charge is -2.19. The fraction of sp³-hybridized carbons (Fsp3) is 0.115. The number of thioether (sulfide) groups is 1. The van der Waals surface area contributed by atoms with E-state index in [9.17, 15) is 14.9 Å². The number of carbonyl (C=O) groups excluding carboxylic acids is 2. The van der Waals surface area contributed by atoms with Gasteiger partial charge in [-0.25, -0.2) is 0 Å². The van der Waals surface area contributed by atoms with Gasteiger partial charge in [0, 0.05) is 22.3 Å². The maximum absolute atomic E-state index is 13.5. The first-order chi connectivity index (χ1) is 16.5. The third-order valence-electron chi connectivity index (χ3n) is 5.20. The molecule has 2 amide bonds. The summed E-state index contributed by atoms with van der Waals surface area (Å²) in [6, 6.07) is 25.4. The highest BCUT2D eigenvalue weighted by Gasteiger charge is 2.40. The van der Waals surface area contributed by atoms with Crippen molar-refractivity contribution in [3.05, 3.63) is 111 Å². The highest BCUT2D eigenvalue weighted by molar-refractivity contribution is 8.05. The van der Waals surface area contributed by atoms with Gasteiger partial charge in [0.05, 0.1) is 5.25 Å².